The molecule has 0 radical (unpaired) electrons. The minimum atomic E-state index is -0.624. The average Bonchev–Trinajstić information content (AvgIpc) is 3.03. The Morgan fingerprint density at radius 1 is 1.08 bits per heavy atom. The van der Waals surface area contributed by atoms with Gasteiger partial charge in [-0.25, -0.2) is 4.79 Å². The second-order valence-electron chi connectivity index (χ2n) is 5.19. The van der Waals surface area contributed by atoms with Crippen molar-refractivity contribution in [3.8, 4) is 0 Å². The van der Waals surface area contributed by atoms with Crippen molar-refractivity contribution in [1.82, 2.24) is 0 Å². The number of furan rings is 1. The lowest BCUT2D eigenvalue weighted by atomic mass is 10.1. The summed E-state index contributed by atoms with van der Waals surface area (Å²) in [7, 11) is 0. The number of fused-ring (bicyclic) bond motifs is 1. The predicted molar refractivity (Wildman–Crippen MR) is 99.0 cm³/mol. The summed E-state index contributed by atoms with van der Waals surface area (Å²) >= 11 is 3.17. The Morgan fingerprint density at radius 2 is 1.88 bits per heavy atom. The molecule has 1 heterocycles. The topological polar surface area (TPSA) is 68.5 Å². The van der Waals surface area contributed by atoms with Gasteiger partial charge in [0.1, 0.15) is 5.76 Å². The van der Waals surface area contributed by atoms with E-state index in [0.29, 0.717) is 16.1 Å². The number of carbonyl (C=O) groups excluding carboxylic acids is 2. The van der Waals surface area contributed by atoms with Crippen molar-refractivity contribution >= 4 is 50.3 Å². The zero-order valence-corrected chi connectivity index (χ0v) is 14.7. The number of hydrogen-bond donors (Lipinski definition) is 1. The van der Waals surface area contributed by atoms with E-state index in [-0.39, 0.29) is 6.61 Å². The van der Waals surface area contributed by atoms with Crippen LogP contribution in [0.1, 0.15) is 5.76 Å². The van der Waals surface area contributed by atoms with Gasteiger partial charge in [0.15, 0.2) is 11.3 Å². The van der Waals surface area contributed by atoms with Gasteiger partial charge in [0, 0.05) is 11.8 Å². The highest BCUT2D eigenvalue weighted by atomic mass is 79.9. The second-order valence-corrected chi connectivity index (χ2v) is 5.97. The maximum absolute atomic E-state index is 11.9. The van der Waals surface area contributed by atoms with Gasteiger partial charge >= 0.3 is 5.97 Å². The molecule has 0 fully saturated rings. The lowest BCUT2D eigenvalue weighted by molar-refractivity contribution is -0.142. The van der Waals surface area contributed by atoms with Crippen molar-refractivity contribution in [3.63, 3.8) is 0 Å². The third-order valence-corrected chi connectivity index (χ3v) is 3.78. The first kappa shape index (κ1) is 17.0. The summed E-state index contributed by atoms with van der Waals surface area (Å²) in [5.74, 6) is -0.525. The number of rotatable bonds is 5. The van der Waals surface area contributed by atoms with Crippen molar-refractivity contribution in [2.45, 2.75) is 0 Å². The van der Waals surface area contributed by atoms with E-state index in [0.717, 1.165) is 10.8 Å². The highest BCUT2D eigenvalue weighted by Gasteiger charge is 2.06. The van der Waals surface area contributed by atoms with Gasteiger partial charge in [-0.3, -0.25) is 4.79 Å². The molecule has 5 nitrogen and oxygen atoms in total. The van der Waals surface area contributed by atoms with Crippen molar-refractivity contribution in [2.24, 2.45) is 0 Å². The number of anilines is 1. The van der Waals surface area contributed by atoms with E-state index in [9.17, 15) is 9.59 Å². The first-order valence-corrected chi connectivity index (χ1v) is 8.28. The zero-order chi connectivity index (χ0) is 17.6. The molecule has 0 aliphatic carbocycles. The highest BCUT2D eigenvalue weighted by Crippen LogP contribution is 2.18. The van der Waals surface area contributed by atoms with E-state index in [2.05, 4.69) is 21.2 Å². The summed E-state index contributed by atoms with van der Waals surface area (Å²) in [6.07, 6.45) is 2.67. The predicted octanol–water partition coefficient (Wildman–Crippen LogP) is 4.39. The van der Waals surface area contributed by atoms with E-state index in [1.165, 1.54) is 12.2 Å². The van der Waals surface area contributed by atoms with Gasteiger partial charge in [0.25, 0.3) is 5.91 Å². The zero-order valence-electron chi connectivity index (χ0n) is 13.1. The number of ether oxygens (including phenoxy) is 1. The van der Waals surface area contributed by atoms with Crippen LogP contribution < -0.4 is 5.32 Å². The summed E-state index contributed by atoms with van der Waals surface area (Å²) < 4.78 is 10.7. The number of halogens is 1. The molecule has 25 heavy (non-hydrogen) atoms. The molecule has 0 spiro atoms. The molecule has 0 unspecified atom stereocenters. The number of carbonyl (C=O) groups is 2. The molecule has 0 saturated heterocycles. The Labute approximate surface area is 152 Å². The summed E-state index contributed by atoms with van der Waals surface area (Å²) in [6, 6.07) is 16.8. The quantitative estimate of drug-likeness (QED) is 0.510. The largest absolute Gasteiger partial charge is 0.452 e. The highest BCUT2D eigenvalue weighted by molar-refractivity contribution is 9.10. The first-order chi connectivity index (χ1) is 12.1. The Balaban J connectivity index is 1.51. The fourth-order valence-electron chi connectivity index (χ4n) is 2.22. The van der Waals surface area contributed by atoms with Gasteiger partial charge in [0.05, 0.1) is 0 Å². The van der Waals surface area contributed by atoms with E-state index in [1.54, 1.807) is 18.2 Å². The molecule has 1 N–H and O–H groups in total. The van der Waals surface area contributed by atoms with Gasteiger partial charge in [0.2, 0.25) is 0 Å². The molecular weight excluding hydrogens is 386 g/mol. The number of benzene rings is 2. The molecule has 6 heteroatoms. The van der Waals surface area contributed by atoms with Crippen LogP contribution in [-0.2, 0) is 14.3 Å². The fraction of sp³-hybridized carbons (Fsp3) is 0.0526. The SMILES string of the molecule is O=C(COC(=O)C=Cc1ccc(Br)o1)Nc1ccc2ccccc2c1. The third kappa shape index (κ3) is 4.81. The molecule has 0 saturated carbocycles. The van der Waals surface area contributed by atoms with Gasteiger partial charge in [-0.1, -0.05) is 30.3 Å². The molecule has 3 aromatic rings. The van der Waals surface area contributed by atoms with Gasteiger partial charge in [-0.05, 0) is 57.0 Å². The standard InChI is InChI=1S/C19H14BrNO4/c20-17-9-7-16(25-17)8-10-19(23)24-12-18(22)21-15-6-5-13-3-1-2-4-14(13)11-15/h1-11H,12H2,(H,21,22). The van der Waals surface area contributed by atoms with Gasteiger partial charge in [-0.2, -0.15) is 0 Å². The maximum Gasteiger partial charge on any atom is 0.331 e. The van der Waals surface area contributed by atoms with Crippen LogP contribution in [0.15, 0.2) is 69.8 Å². The number of esters is 1. The molecule has 0 bridgehead atoms. The van der Waals surface area contributed by atoms with E-state index >= 15 is 0 Å². The fourth-order valence-corrected chi connectivity index (χ4v) is 2.54. The average molecular weight is 400 g/mol. The Kier molecular flexibility index (Phi) is 5.30. The van der Waals surface area contributed by atoms with Crippen molar-refractivity contribution in [2.75, 3.05) is 11.9 Å². The Bertz CT molecular complexity index is 945. The van der Waals surface area contributed by atoms with Gasteiger partial charge < -0.3 is 14.5 Å². The molecule has 1 aromatic heterocycles. The normalized spacial score (nSPS) is 10.9. The number of nitrogens with one attached hydrogen (secondary N) is 1. The van der Waals surface area contributed by atoms with Crippen LogP contribution in [0.5, 0.6) is 0 Å². The summed E-state index contributed by atoms with van der Waals surface area (Å²) in [6.45, 7) is -0.363. The minimum Gasteiger partial charge on any atom is -0.452 e. The molecule has 0 atom stereocenters. The monoisotopic (exact) mass is 399 g/mol. The molecule has 0 aliphatic heterocycles. The number of amides is 1. The van der Waals surface area contributed by atoms with E-state index < -0.39 is 11.9 Å². The van der Waals surface area contributed by atoms with Crippen LogP contribution >= 0.6 is 15.9 Å². The van der Waals surface area contributed by atoms with Crippen molar-refractivity contribution in [1.29, 1.82) is 0 Å². The van der Waals surface area contributed by atoms with E-state index in [4.69, 9.17) is 9.15 Å². The lowest BCUT2D eigenvalue weighted by Gasteiger charge is -2.06. The molecule has 126 valence electrons. The molecule has 3 rings (SSSR count). The van der Waals surface area contributed by atoms with Gasteiger partial charge in [-0.15, -0.1) is 0 Å². The lowest BCUT2D eigenvalue weighted by Crippen LogP contribution is -2.20. The maximum atomic E-state index is 11.9. The molecule has 1 amide bonds. The van der Waals surface area contributed by atoms with Crippen LogP contribution in [0.4, 0.5) is 5.69 Å². The summed E-state index contributed by atoms with van der Waals surface area (Å²) in [4.78, 5) is 23.5. The molecule has 2 aromatic carbocycles. The van der Waals surface area contributed by atoms with E-state index in [1.807, 2.05) is 36.4 Å². The van der Waals surface area contributed by atoms with Crippen LogP contribution in [0, 0.1) is 0 Å². The van der Waals surface area contributed by atoms with Crippen LogP contribution in [0.2, 0.25) is 0 Å². The van der Waals surface area contributed by atoms with Crippen molar-refractivity contribution < 1.29 is 18.7 Å². The second kappa shape index (κ2) is 7.81. The van der Waals surface area contributed by atoms with Crippen LogP contribution in [0.25, 0.3) is 16.8 Å². The van der Waals surface area contributed by atoms with Crippen LogP contribution in [0.3, 0.4) is 0 Å². The molecule has 0 aliphatic rings. The van der Waals surface area contributed by atoms with Crippen molar-refractivity contribution in [3.05, 3.63) is 71.1 Å². The summed E-state index contributed by atoms with van der Waals surface area (Å²) in [5, 5.41) is 4.80. The Morgan fingerprint density at radius 3 is 2.64 bits per heavy atom. The summed E-state index contributed by atoms with van der Waals surface area (Å²) in [5.41, 5.74) is 0.649. The number of hydrogen-bond acceptors (Lipinski definition) is 4. The first-order valence-electron chi connectivity index (χ1n) is 7.49. The Hall–Kier alpha value is -2.86. The molecular formula is C19H14BrNO4. The van der Waals surface area contributed by atoms with Crippen LogP contribution in [-0.4, -0.2) is 18.5 Å². The smallest absolute Gasteiger partial charge is 0.331 e. The minimum absolute atomic E-state index is 0.363. The third-order valence-electron chi connectivity index (χ3n) is 3.36.